The number of alkyl halides is 3. The van der Waals surface area contributed by atoms with Crippen LogP contribution in [0.25, 0.3) is 0 Å². The Labute approximate surface area is 116 Å². The van der Waals surface area contributed by atoms with Crippen LogP contribution < -0.4 is 4.90 Å². The predicted molar refractivity (Wildman–Crippen MR) is 64.5 cm³/mol. The lowest BCUT2D eigenvalue weighted by Gasteiger charge is -2.19. The molecule has 0 aliphatic carbocycles. The minimum atomic E-state index is -4.56. The van der Waals surface area contributed by atoms with Crippen LogP contribution in [-0.2, 0) is 15.8 Å². The summed E-state index contributed by atoms with van der Waals surface area (Å²) >= 11 is 5.81. The molecule has 1 heterocycles. The average molecular weight is 308 g/mol. The normalized spacial score (nSPS) is 19.5. The number of amides is 1. The van der Waals surface area contributed by atoms with E-state index in [2.05, 4.69) is 0 Å². The Hall–Kier alpha value is -1.76. The van der Waals surface area contributed by atoms with Crippen molar-refractivity contribution in [2.24, 2.45) is 5.92 Å². The van der Waals surface area contributed by atoms with Crippen molar-refractivity contribution in [3.63, 3.8) is 0 Å². The van der Waals surface area contributed by atoms with Gasteiger partial charge in [0.25, 0.3) is 0 Å². The van der Waals surface area contributed by atoms with Crippen molar-refractivity contribution in [1.29, 1.82) is 0 Å². The highest BCUT2D eigenvalue weighted by molar-refractivity contribution is 6.34. The van der Waals surface area contributed by atoms with Gasteiger partial charge < -0.3 is 10.0 Å². The molecule has 4 nitrogen and oxygen atoms in total. The molecule has 0 saturated carbocycles. The van der Waals surface area contributed by atoms with E-state index in [1.807, 2.05) is 0 Å². The zero-order valence-electron chi connectivity index (χ0n) is 9.95. The fourth-order valence-corrected chi connectivity index (χ4v) is 2.22. The van der Waals surface area contributed by atoms with Gasteiger partial charge in [-0.3, -0.25) is 9.59 Å². The largest absolute Gasteiger partial charge is 0.481 e. The van der Waals surface area contributed by atoms with Crippen LogP contribution in [-0.4, -0.2) is 23.5 Å². The summed E-state index contributed by atoms with van der Waals surface area (Å²) < 4.78 is 37.9. The van der Waals surface area contributed by atoms with Crippen molar-refractivity contribution in [1.82, 2.24) is 0 Å². The van der Waals surface area contributed by atoms with Crippen LogP contribution in [0, 0.1) is 5.92 Å². The third kappa shape index (κ3) is 2.72. The van der Waals surface area contributed by atoms with E-state index in [0.717, 1.165) is 23.1 Å². The standard InChI is InChI=1S/C12H9ClF3NO3/c13-8-2-1-7(12(14,15)16)4-9(8)17-5-6(11(19)20)3-10(17)18/h1-2,4,6H,3,5H2,(H,19,20)/t6-/m0/s1. The number of rotatable bonds is 2. The Morgan fingerprint density at radius 2 is 2.05 bits per heavy atom. The monoisotopic (exact) mass is 307 g/mol. The lowest BCUT2D eigenvalue weighted by atomic mass is 10.1. The number of benzene rings is 1. The average Bonchev–Trinajstić information content (AvgIpc) is 2.70. The molecule has 1 aromatic carbocycles. The number of hydrogen-bond acceptors (Lipinski definition) is 2. The van der Waals surface area contributed by atoms with Gasteiger partial charge in [0.15, 0.2) is 0 Å². The van der Waals surface area contributed by atoms with Crippen LogP contribution in [0.1, 0.15) is 12.0 Å². The molecule has 1 amide bonds. The van der Waals surface area contributed by atoms with Crippen LogP contribution in [0.3, 0.4) is 0 Å². The molecule has 0 unspecified atom stereocenters. The van der Waals surface area contributed by atoms with Crippen LogP contribution in [0.2, 0.25) is 5.02 Å². The molecule has 1 aromatic rings. The quantitative estimate of drug-likeness (QED) is 0.914. The summed E-state index contributed by atoms with van der Waals surface area (Å²) in [6, 6.07) is 2.60. The van der Waals surface area contributed by atoms with Gasteiger partial charge in [-0.1, -0.05) is 11.6 Å². The van der Waals surface area contributed by atoms with E-state index in [4.69, 9.17) is 16.7 Å². The third-order valence-corrected chi connectivity index (χ3v) is 3.36. The van der Waals surface area contributed by atoms with E-state index >= 15 is 0 Å². The van der Waals surface area contributed by atoms with Gasteiger partial charge in [0.05, 0.1) is 22.2 Å². The topological polar surface area (TPSA) is 57.6 Å². The zero-order valence-corrected chi connectivity index (χ0v) is 10.7. The molecule has 0 aromatic heterocycles. The molecule has 8 heteroatoms. The van der Waals surface area contributed by atoms with E-state index in [-0.39, 0.29) is 23.7 Å². The predicted octanol–water partition coefficient (Wildman–Crippen LogP) is 2.80. The number of carboxylic acids is 1. The van der Waals surface area contributed by atoms with Crippen LogP contribution in [0.5, 0.6) is 0 Å². The molecule has 1 saturated heterocycles. The molecule has 1 atom stereocenters. The minimum Gasteiger partial charge on any atom is -0.481 e. The van der Waals surface area contributed by atoms with Crippen molar-refractivity contribution in [3.05, 3.63) is 28.8 Å². The van der Waals surface area contributed by atoms with Crippen LogP contribution >= 0.6 is 11.6 Å². The SMILES string of the molecule is O=C(O)[C@H]1CC(=O)N(c2cc(C(F)(F)F)ccc2Cl)C1. The van der Waals surface area contributed by atoms with Gasteiger partial charge >= 0.3 is 12.1 Å². The number of nitrogens with zero attached hydrogens (tertiary/aromatic N) is 1. The Morgan fingerprint density at radius 1 is 1.40 bits per heavy atom. The molecule has 20 heavy (non-hydrogen) atoms. The number of hydrogen-bond donors (Lipinski definition) is 1. The Balaban J connectivity index is 2.38. The van der Waals surface area contributed by atoms with E-state index in [1.165, 1.54) is 0 Å². The summed E-state index contributed by atoms with van der Waals surface area (Å²) in [7, 11) is 0. The zero-order chi connectivity index (χ0) is 15.1. The molecule has 1 N–H and O–H groups in total. The van der Waals surface area contributed by atoms with Crippen LogP contribution in [0.15, 0.2) is 18.2 Å². The Kier molecular flexibility index (Phi) is 3.64. The summed E-state index contributed by atoms with van der Waals surface area (Å²) in [6.45, 7) is -0.185. The summed E-state index contributed by atoms with van der Waals surface area (Å²) in [6.07, 6.45) is -4.81. The maximum atomic E-state index is 12.6. The van der Waals surface area contributed by atoms with E-state index in [0.29, 0.717) is 0 Å². The third-order valence-electron chi connectivity index (χ3n) is 3.04. The number of carboxylic acid groups (broad SMARTS) is 1. The lowest BCUT2D eigenvalue weighted by molar-refractivity contribution is -0.141. The first-order chi connectivity index (χ1) is 9.20. The number of aliphatic carboxylic acids is 1. The van der Waals surface area contributed by atoms with Crippen LogP contribution in [0.4, 0.5) is 18.9 Å². The van der Waals surface area contributed by atoms with Gasteiger partial charge in [-0.25, -0.2) is 0 Å². The summed E-state index contributed by atoms with van der Waals surface area (Å²) in [5.74, 6) is -2.66. The molecule has 1 aliphatic rings. The second kappa shape index (κ2) is 4.97. The van der Waals surface area contributed by atoms with Gasteiger partial charge in [0.1, 0.15) is 0 Å². The molecule has 1 fully saturated rings. The summed E-state index contributed by atoms with van der Waals surface area (Å²) in [5, 5.41) is 8.83. The molecule has 0 bridgehead atoms. The van der Waals surface area contributed by atoms with Gasteiger partial charge in [-0.15, -0.1) is 0 Å². The number of carbonyl (C=O) groups is 2. The maximum Gasteiger partial charge on any atom is 0.416 e. The van der Waals surface area contributed by atoms with Gasteiger partial charge in [0, 0.05) is 13.0 Å². The van der Waals surface area contributed by atoms with E-state index < -0.39 is 29.5 Å². The highest BCUT2D eigenvalue weighted by atomic mass is 35.5. The second-order valence-corrected chi connectivity index (χ2v) is 4.81. The van der Waals surface area contributed by atoms with Gasteiger partial charge in [-0.05, 0) is 18.2 Å². The first-order valence-electron chi connectivity index (χ1n) is 5.60. The highest BCUT2D eigenvalue weighted by Gasteiger charge is 2.37. The number of anilines is 1. The number of carbonyl (C=O) groups excluding carboxylic acids is 1. The minimum absolute atomic E-state index is 0.0302. The molecule has 0 radical (unpaired) electrons. The molecule has 108 valence electrons. The maximum absolute atomic E-state index is 12.6. The van der Waals surface area contributed by atoms with Gasteiger partial charge in [0.2, 0.25) is 5.91 Å². The molecule has 1 aliphatic heterocycles. The Bertz CT molecular complexity index is 574. The number of halogens is 4. The van der Waals surface area contributed by atoms with Crippen molar-refractivity contribution >= 4 is 29.2 Å². The molecule has 2 rings (SSSR count). The van der Waals surface area contributed by atoms with E-state index in [9.17, 15) is 22.8 Å². The molecule has 0 spiro atoms. The van der Waals surface area contributed by atoms with Gasteiger partial charge in [-0.2, -0.15) is 13.2 Å². The first kappa shape index (κ1) is 14.6. The van der Waals surface area contributed by atoms with Crippen molar-refractivity contribution in [2.75, 3.05) is 11.4 Å². The summed E-state index contributed by atoms with van der Waals surface area (Å²) in [4.78, 5) is 23.6. The smallest absolute Gasteiger partial charge is 0.416 e. The second-order valence-electron chi connectivity index (χ2n) is 4.41. The summed E-state index contributed by atoms with van der Waals surface area (Å²) in [5.41, 5.74) is -1.06. The van der Waals surface area contributed by atoms with Crippen molar-refractivity contribution in [2.45, 2.75) is 12.6 Å². The first-order valence-corrected chi connectivity index (χ1v) is 5.98. The lowest BCUT2D eigenvalue weighted by Crippen LogP contribution is -2.26. The molecular formula is C12H9ClF3NO3. The fourth-order valence-electron chi connectivity index (χ4n) is 2.00. The van der Waals surface area contributed by atoms with Crippen molar-refractivity contribution in [3.8, 4) is 0 Å². The molecular weight excluding hydrogens is 299 g/mol. The fraction of sp³-hybridized carbons (Fsp3) is 0.333. The van der Waals surface area contributed by atoms with Crippen molar-refractivity contribution < 1.29 is 27.9 Å². The Morgan fingerprint density at radius 3 is 2.55 bits per heavy atom. The van der Waals surface area contributed by atoms with E-state index in [1.54, 1.807) is 0 Å². The highest BCUT2D eigenvalue weighted by Crippen LogP contribution is 2.37.